The van der Waals surface area contributed by atoms with Crippen LogP contribution in [0.25, 0.3) is 10.8 Å². The van der Waals surface area contributed by atoms with Gasteiger partial charge >= 0.3 is 0 Å². The van der Waals surface area contributed by atoms with Crippen LogP contribution >= 0.6 is 11.3 Å². The lowest BCUT2D eigenvalue weighted by Gasteiger charge is -2.08. The lowest BCUT2D eigenvalue weighted by molar-refractivity contribution is 0.0954. The summed E-state index contributed by atoms with van der Waals surface area (Å²) in [5.74, 6) is 2.07. The van der Waals surface area contributed by atoms with Crippen molar-refractivity contribution in [2.24, 2.45) is 0 Å². The first-order valence-corrected chi connectivity index (χ1v) is 10.3. The highest BCUT2D eigenvalue weighted by Crippen LogP contribution is 2.29. The van der Waals surface area contributed by atoms with Crippen molar-refractivity contribution in [3.05, 3.63) is 88.4 Å². The Labute approximate surface area is 178 Å². The van der Waals surface area contributed by atoms with E-state index in [9.17, 15) is 4.79 Å². The highest BCUT2D eigenvalue weighted by Gasteiger charge is 2.17. The van der Waals surface area contributed by atoms with E-state index in [1.807, 2.05) is 68.4 Å². The first-order chi connectivity index (χ1) is 14.6. The molecule has 0 unspecified atom stereocenters. The van der Waals surface area contributed by atoms with E-state index in [0.29, 0.717) is 34.5 Å². The van der Waals surface area contributed by atoms with Crippen LogP contribution in [0.2, 0.25) is 0 Å². The molecule has 6 nitrogen and oxygen atoms in total. The zero-order chi connectivity index (χ0) is 20.9. The molecule has 0 spiro atoms. The lowest BCUT2D eigenvalue weighted by Crippen LogP contribution is -2.22. The van der Waals surface area contributed by atoms with Crippen molar-refractivity contribution in [3.63, 3.8) is 0 Å². The van der Waals surface area contributed by atoms with Gasteiger partial charge in [-0.05, 0) is 55.8 Å². The number of nitrogens with one attached hydrogen (secondary N) is 1. The quantitative estimate of drug-likeness (QED) is 0.460. The number of benzene rings is 1. The van der Waals surface area contributed by atoms with Crippen LogP contribution in [0, 0.1) is 13.8 Å². The number of furan rings is 1. The Morgan fingerprint density at radius 2 is 2.03 bits per heavy atom. The average Bonchev–Trinajstić information content (AvgIpc) is 3.37. The molecule has 0 aliphatic heterocycles. The highest BCUT2D eigenvalue weighted by molar-refractivity contribution is 7.17. The van der Waals surface area contributed by atoms with Gasteiger partial charge in [0.2, 0.25) is 0 Å². The third kappa shape index (κ3) is 4.75. The molecule has 0 saturated carbocycles. The molecule has 30 heavy (non-hydrogen) atoms. The largest absolute Gasteiger partial charge is 0.487 e. The van der Waals surface area contributed by atoms with Gasteiger partial charge in [0.05, 0.1) is 11.4 Å². The molecule has 0 radical (unpaired) electrons. The number of nitrogens with zero attached hydrogens (tertiary/aromatic N) is 2. The number of carbonyl (C=O) groups is 1. The summed E-state index contributed by atoms with van der Waals surface area (Å²) in [5, 5.41) is 3.66. The van der Waals surface area contributed by atoms with Gasteiger partial charge in [0.25, 0.3) is 5.91 Å². The van der Waals surface area contributed by atoms with E-state index in [-0.39, 0.29) is 5.91 Å². The summed E-state index contributed by atoms with van der Waals surface area (Å²) in [7, 11) is 0. The number of rotatable bonds is 7. The Kier molecular flexibility index (Phi) is 5.90. The van der Waals surface area contributed by atoms with E-state index in [1.165, 1.54) is 11.3 Å². The fraction of sp³-hybridized carbons (Fsp3) is 0.174. The number of hydrogen-bond donors (Lipinski definition) is 1. The van der Waals surface area contributed by atoms with E-state index in [0.717, 1.165) is 22.8 Å². The van der Waals surface area contributed by atoms with Gasteiger partial charge in [0.1, 0.15) is 23.0 Å². The first kappa shape index (κ1) is 19.8. The molecule has 4 aromatic rings. The van der Waals surface area contributed by atoms with Gasteiger partial charge < -0.3 is 14.5 Å². The summed E-state index contributed by atoms with van der Waals surface area (Å²) >= 11 is 1.33. The molecule has 3 aromatic heterocycles. The van der Waals surface area contributed by atoms with Crippen molar-refractivity contribution in [2.45, 2.75) is 27.0 Å². The van der Waals surface area contributed by atoms with Crippen LogP contribution in [0.1, 0.15) is 32.4 Å². The summed E-state index contributed by atoms with van der Waals surface area (Å²) < 4.78 is 11.4. The molecule has 0 bridgehead atoms. The molecule has 152 valence electrons. The predicted molar refractivity (Wildman–Crippen MR) is 115 cm³/mol. The Morgan fingerprint density at radius 3 is 2.80 bits per heavy atom. The van der Waals surface area contributed by atoms with Gasteiger partial charge in [0.15, 0.2) is 10.8 Å². The number of aromatic nitrogens is 2. The molecule has 0 aliphatic carbocycles. The number of ether oxygens (including phenoxy) is 1. The summed E-state index contributed by atoms with van der Waals surface area (Å²) in [6.45, 7) is 4.50. The predicted octanol–water partition coefficient (Wildman–Crippen LogP) is 4.92. The van der Waals surface area contributed by atoms with Crippen LogP contribution in [-0.4, -0.2) is 15.9 Å². The van der Waals surface area contributed by atoms with Crippen LogP contribution in [0.3, 0.4) is 0 Å². The van der Waals surface area contributed by atoms with Crippen molar-refractivity contribution >= 4 is 17.2 Å². The van der Waals surface area contributed by atoms with Gasteiger partial charge in [-0.2, -0.15) is 0 Å². The minimum Gasteiger partial charge on any atom is -0.487 e. The third-order valence-corrected chi connectivity index (χ3v) is 5.59. The van der Waals surface area contributed by atoms with E-state index in [1.54, 1.807) is 6.20 Å². The van der Waals surface area contributed by atoms with Crippen molar-refractivity contribution in [3.8, 4) is 16.5 Å². The van der Waals surface area contributed by atoms with Crippen molar-refractivity contribution in [1.82, 2.24) is 15.3 Å². The van der Waals surface area contributed by atoms with Gasteiger partial charge in [0, 0.05) is 12.7 Å². The van der Waals surface area contributed by atoms with Crippen LogP contribution < -0.4 is 10.1 Å². The van der Waals surface area contributed by atoms with Crippen molar-refractivity contribution in [2.75, 3.05) is 0 Å². The van der Waals surface area contributed by atoms with Crippen LogP contribution in [0.15, 0.2) is 65.2 Å². The smallest absolute Gasteiger partial charge is 0.263 e. The van der Waals surface area contributed by atoms with E-state index >= 15 is 0 Å². The van der Waals surface area contributed by atoms with Gasteiger partial charge in [-0.3, -0.25) is 9.78 Å². The maximum atomic E-state index is 12.7. The summed E-state index contributed by atoms with van der Waals surface area (Å²) in [6.07, 6.45) is 1.74. The molecule has 1 aromatic carbocycles. The van der Waals surface area contributed by atoms with Crippen molar-refractivity contribution in [1.29, 1.82) is 0 Å². The number of hydrogen-bond acceptors (Lipinski definition) is 6. The van der Waals surface area contributed by atoms with E-state index < -0.39 is 0 Å². The second kappa shape index (κ2) is 8.92. The molecule has 0 saturated heterocycles. The molecular weight excluding hydrogens is 398 g/mol. The van der Waals surface area contributed by atoms with Gasteiger partial charge in [-0.1, -0.05) is 18.2 Å². The second-order valence-electron chi connectivity index (χ2n) is 6.78. The summed E-state index contributed by atoms with van der Waals surface area (Å²) in [6, 6.07) is 17.1. The summed E-state index contributed by atoms with van der Waals surface area (Å²) in [4.78, 5) is 22.0. The van der Waals surface area contributed by atoms with Crippen LogP contribution in [0.4, 0.5) is 0 Å². The van der Waals surface area contributed by atoms with Crippen LogP contribution in [0.5, 0.6) is 5.75 Å². The van der Waals surface area contributed by atoms with Gasteiger partial charge in [-0.15, -0.1) is 11.3 Å². The minimum absolute atomic E-state index is 0.153. The Morgan fingerprint density at radius 1 is 1.13 bits per heavy atom. The lowest BCUT2D eigenvalue weighted by atomic mass is 10.2. The number of aryl methyl sites for hydroxylation is 2. The Hall–Kier alpha value is -3.45. The molecule has 0 fully saturated rings. The molecule has 0 atom stereocenters. The Balaban J connectivity index is 1.37. The molecule has 4 rings (SSSR count). The molecule has 3 heterocycles. The topological polar surface area (TPSA) is 77.2 Å². The number of thiazole rings is 1. The molecule has 0 aliphatic rings. The summed E-state index contributed by atoms with van der Waals surface area (Å²) in [5.41, 5.74) is 2.50. The monoisotopic (exact) mass is 419 g/mol. The Bertz CT molecular complexity index is 1150. The van der Waals surface area contributed by atoms with Crippen LogP contribution in [-0.2, 0) is 13.2 Å². The normalized spacial score (nSPS) is 10.7. The standard InChI is InChI=1S/C23H21N3O3S/c1-15-9-10-20(29-15)23-26-16(2)21(30-23)22(27)25-13-17-6-5-8-19(12-17)28-14-18-7-3-4-11-24-18/h3-12H,13-14H2,1-2H3,(H,25,27). The fourth-order valence-corrected chi connectivity index (χ4v) is 3.86. The second-order valence-corrected chi connectivity index (χ2v) is 7.78. The highest BCUT2D eigenvalue weighted by atomic mass is 32.1. The minimum atomic E-state index is -0.153. The molecule has 1 N–H and O–H groups in total. The SMILES string of the molecule is Cc1ccc(-c2nc(C)c(C(=O)NCc3cccc(OCc4ccccn4)c3)s2)o1. The fourth-order valence-electron chi connectivity index (χ4n) is 2.91. The van der Waals surface area contributed by atoms with E-state index in [4.69, 9.17) is 9.15 Å². The molecule has 7 heteroatoms. The van der Waals surface area contributed by atoms with E-state index in [2.05, 4.69) is 15.3 Å². The number of amides is 1. The number of pyridine rings is 1. The molecular formula is C23H21N3O3S. The molecule has 1 amide bonds. The number of carbonyl (C=O) groups excluding carboxylic acids is 1. The average molecular weight is 420 g/mol. The maximum absolute atomic E-state index is 12.7. The first-order valence-electron chi connectivity index (χ1n) is 9.52. The zero-order valence-electron chi connectivity index (χ0n) is 16.7. The third-order valence-electron chi connectivity index (χ3n) is 4.42. The maximum Gasteiger partial charge on any atom is 0.263 e. The van der Waals surface area contributed by atoms with Crippen molar-refractivity contribution < 1.29 is 13.9 Å². The zero-order valence-corrected chi connectivity index (χ0v) is 17.5. The van der Waals surface area contributed by atoms with Gasteiger partial charge in [-0.25, -0.2) is 4.98 Å².